The highest BCUT2D eigenvalue weighted by molar-refractivity contribution is 9.10. The lowest BCUT2D eigenvalue weighted by atomic mass is 10.2. The van der Waals surface area contributed by atoms with Gasteiger partial charge in [-0.25, -0.2) is 0 Å². The van der Waals surface area contributed by atoms with E-state index in [0.29, 0.717) is 11.4 Å². The molecule has 0 spiro atoms. The quantitative estimate of drug-likeness (QED) is 0.769. The van der Waals surface area contributed by atoms with E-state index in [1.807, 2.05) is 23.9 Å². The van der Waals surface area contributed by atoms with Gasteiger partial charge in [0.25, 0.3) is 0 Å². The Kier molecular flexibility index (Phi) is 5.20. The van der Waals surface area contributed by atoms with Gasteiger partial charge in [-0.05, 0) is 37.3 Å². The second-order valence-electron chi connectivity index (χ2n) is 4.74. The molecule has 0 radical (unpaired) electrons. The summed E-state index contributed by atoms with van der Waals surface area (Å²) in [5, 5.41) is 3.53. The average molecular weight is 340 g/mol. The molecule has 4 heteroatoms. The van der Waals surface area contributed by atoms with Crippen molar-refractivity contribution in [1.82, 2.24) is 5.32 Å². The maximum Gasteiger partial charge on any atom is 0.148 e. The number of hydrogen-bond donors (Lipinski definition) is 1. The summed E-state index contributed by atoms with van der Waals surface area (Å²) in [7, 11) is 0. The Bertz CT molecular complexity index is 480. The van der Waals surface area contributed by atoms with Crippen molar-refractivity contribution in [2.45, 2.75) is 24.1 Å². The molecular formula is C15H18BrNOS. The van der Waals surface area contributed by atoms with Gasteiger partial charge in [-0.1, -0.05) is 21.9 Å². The molecule has 0 aromatic heterocycles. The summed E-state index contributed by atoms with van der Waals surface area (Å²) in [6.45, 7) is 2.17. The van der Waals surface area contributed by atoms with Crippen LogP contribution in [0.15, 0.2) is 22.7 Å². The maximum atomic E-state index is 5.56. The number of hydrogen-bond acceptors (Lipinski definition) is 3. The summed E-state index contributed by atoms with van der Waals surface area (Å²) in [6.07, 6.45) is 10.1. The summed E-state index contributed by atoms with van der Waals surface area (Å²) >= 11 is 5.46. The molecule has 1 saturated carbocycles. The molecule has 1 aromatic carbocycles. The van der Waals surface area contributed by atoms with Gasteiger partial charge in [-0.2, -0.15) is 11.8 Å². The lowest BCUT2D eigenvalue weighted by molar-refractivity contribution is 0.364. The maximum absolute atomic E-state index is 5.56. The van der Waals surface area contributed by atoms with Crippen LogP contribution in [0.3, 0.4) is 0 Å². The zero-order valence-electron chi connectivity index (χ0n) is 11.0. The van der Waals surface area contributed by atoms with Gasteiger partial charge < -0.3 is 10.1 Å². The number of ether oxygens (including phenoxy) is 1. The topological polar surface area (TPSA) is 21.3 Å². The van der Waals surface area contributed by atoms with Crippen LogP contribution in [0.25, 0.3) is 0 Å². The fourth-order valence-electron chi connectivity index (χ4n) is 1.96. The van der Waals surface area contributed by atoms with Gasteiger partial charge in [0.05, 0.1) is 0 Å². The van der Waals surface area contributed by atoms with E-state index >= 15 is 0 Å². The van der Waals surface area contributed by atoms with Gasteiger partial charge in [-0.3, -0.25) is 0 Å². The van der Waals surface area contributed by atoms with Gasteiger partial charge >= 0.3 is 0 Å². The van der Waals surface area contributed by atoms with E-state index in [-0.39, 0.29) is 0 Å². The Morgan fingerprint density at radius 3 is 2.95 bits per heavy atom. The Balaban J connectivity index is 1.94. The van der Waals surface area contributed by atoms with E-state index in [4.69, 9.17) is 11.2 Å². The molecule has 0 saturated heterocycles. The van der Waals surface area contributed by atoms with Crippen molar-refractivity contribution in [3.05, 3.63) is 28.2 Å². The minimum atomic E-state index is 0.309. The van der Waals surface area contributed by atoms with E-state index in [0.717, 1.165) is 28.9 Å². The predicted octanol–water partition coefficient (Wildman–Crippen LogP) is 3.45. The van der Waals surface area contributed by atoms with Crippen LogP contribution in [0.2, 0.25) is 0 Å². The first kappa shape index (κ1) is 14.8. The third-order valence-electron chi connectivity index (χ3n) is 3.34. The van der Waals surface area contributed by atoms with E-state index in [9.17, 15) is 0 Å². The molecule has 0 atom stereocenters. The van der Waals surface area contributed by atoms with Crippen molar-refractivity contribution in [3.8, 4) is 18.1 Å². The smallest absolute Gasteiger partial charge is 0.148 e. The van der Waals surface area contributed by atoms with Crippen LogP contribution in [-0.4, -0.2) is 24.2 Å². The molecule has 1 aliphatic rings. The van der Waals surface area contributed by atoms with Crippen molar-refractivity contribution in [3.63, 3.8) is 0 Å². The number of benzene rings is 1. The second kappa shape index (κ2) is 6.69. The summed E-state index contributed by atoms with van der Waals surface area (Å²) < 4.78 is 7.10. The number of halogens is 1. The zero-order chi connectivity index (χ0) is 13.7. The molecule has 0 unspecified atom stereocenters. The highest BCUT2D eigenvalue weighted by atomic mass is 79.9. The molecule has 1 N–H and O–H groups in total. The van der Waals surface area contributed by atoms with Crippen LogP contribution < -0.4 is 10.1 Å². The summed E-state index contributed by atoms with van der Waals surface area (Å²) in [4.78, 5) is 0. The average Bonchev–Trinajstić information content (AvgIpc) is 3.18. The molecule has 102 valence electrons. The van der Waals surface area contributed by atoms with E-state index < -0.39 is 0 Å². The van der Waals surface area contributed by atoms with Gasteiger partial charge in [0.2, 0.25) is 0 Å². The van der Waals surface area contributed by atoms with Gasteiger partial charge in [0.1, 0.15) is 12.4 Å². The lowest BCUT2D eigenvalue weighted by Gasteiger charge is -2.15. The molecule has 2 nitrogen and oxygen atoms in total. The highest BCUT2D eigenvalue weighted by Gasteiger charge is 2.41. The number of nitrogens with one attached hydrogen (secondary N) is 1. The molecule has 1 aliphatic carbocycles. The number of rotatable bonds is 7. The Labute approximate surface area is 127 Å². The van der Waals surface area contributed by atoms with Crippen LogP contribution in [0.1, 0.15) is 18.4 Å². The van der Waals surface area contributed by atoms with Crippen LogP contribution in [0.5, 0.6) is 5.75 Å². The van der Waals surface area contributed by atoms with Crippen molar-refractivity contribution >= 4 is 27.7 Å². The van der Waals surface area contributed by atoms with Crippen molar-refractivity contribution in [1.29, 1.82) is 0 Å². The van der Waals surface area contributed by atoms with Gasteiger partial charge in [0.15, 0.2) is 0 Å². The molecule has 19 heavy (non-hydrogen) atoms. The first-order chi connectivity index (χ1) is 9.19. The normalized spacial score (nSPS) is 15.8. The zero-order valence-corrected chi connectivity index (χ0v) is 13.4. The van der Waals surface area contributed by atoms with Crippen molar-refractivity contribution in [2.75, 3.05) is 19.4 Å². The standard InChI is InChI=1S/C15H18BrNOS/c1-3-8-18-14-5-4-13(16)9-12(14)10-17-11-15(19-2)6-7-15/h1,4-5,9,17H,6-8,10-11H2,2H3. The third kappa shape index (κ3) is 4.17. The van der Waals surface area contributed by atoms with Gasteiger partial charge in [-0.15, -0.1) is 6.42 Å². The first-order valence-electron chi connectivity index (χ1n) is 6.30. The van der Waals surface area contributed by atoms with Crippen LogP contribution in [0.4, 0.5) is 0 Å². The van der Waals surface area contributed by atoms with Gasteiger partial charge in [0, 0.05) is 27.9 Å². The minimum absolute atomic E-state index is 0.309. The minimum Gasteiger partial charge on any atom is -0.481 e. The van der Waals surface area contributed by atoms with E-state index in [2.05, 4.69) is 39.5 Å². The van der Waals surface area contributed by atoms with Crippen molar-refractivity contribution in [2.24, 2.45) is 0 Å². The Hall–Kier alpha value is -0.630. The molecule has 1 aromatic rings. The highest BCUT2D eigenvalue weighted by Crippen LogP contribution is 2.46. The largest absolute Gasteiger partial charge is 0.481 e. The van der Waals surface area contributed by atoms with Crippen LogP contribution >= 0.6 is 27.7 Å². The molecule has 1 fully saturated rings. The molecule has 2 rings (SSSR count). The number of thioether (sulfide) groups is 1. The third-order valence-corrected chi connectivity index (χ3v) is 5.25. The summed E-state index contributed by atoms with van der Waals surface area (Å²) in [5.74, 6) is 3.36. The molecular weight excluding hydrogens is 322 g/mol. The van der Waals surface area contributed by atoms with Crippen LogP contribution in [-0.2, 0) is 6.54 Å². The molecule has 0 aliphatic heterocycles. The fourth-order valence-corrected chi connectivity index (χ4v) is 3.13. The van der Waals surface area contributed by atoms with E-state index in [1.165, 1.54) is 12.8 Å². The summed E-state index contributed by atoms with van der Waals surface area (Å²) in [6, 6.07) is 6.01. The Morgan fingerprint density at radius 2 is 2.32 bits per heavy atom. The lowest BCUT2D eigenvalue weighted by Crippen LogP contribution is -2.25. The SMILES string of the molecule is C#CCOc1ccc(Br)cc1CNCC1(SC)CC1. The predicted molar refractivity (Wildman–Crippen MR) is 85.7 cm³/mol. The fraction of sp³-hybridized carbons (Fsp3) is 0.467. The van der Waals surface area contributed by atoms with Crippen molar-refractivity contribution < 1.29 is 4.74 Å². The molecule has 0 heterocycles. The summed E-state index contributed by atoms with van der Waals surface area (Å²) in [5.41, 5.74) is 1.14. The number of terminal acetylenes is 1. The second-order valence-corrected chi connectivity index (χ2v) is 6.93. The van der Waals surface area contributed by atoms with Crippen LogP contribution in [0, 0.1) is 12.3 Å². The Morgan fingerprint density at radius 1 is 1.53 bits per heavy atom. The van der Waals surface area contributed by atoms with E-state index in [1.54, 1.807) is 0 Å². The monoisotopic (exact) mass is 339 g/mol. The first-order valence-corrected chi connectivity index (χ1v) is 8.31. The molecule has 0 amide bonds. The molecule has 0 bridgehead atoms.